The van der Waals surface area contributed by atoms with Crippen LogP contribution in [-0.4, -0.2) is 37.6 Å². The van der Waals surface area contributed by atoms with E-state index in [2.05, 4.69) is 22.9 Å². The van der Waals surface area contributed by atoms with E-state index in [4.69, 9.17) is 5.73 Å². The van der Waals surface area contributed by atoms with Crippen molar-refractivity contribution >= 4 is 11.9 Å². The van der Waals surface area contributed by atoms with Crippen LogP contribution in [0.1, 0.15) is 19.8 Å². The average Bonchev–Trinajstić information content (AvgIpc) is 2.24. The summed E-state index contributed by atoms with van der Waals surface area (Å²) in [5.74, 6) is 0.582. The first-order valence-corrected chi connectivity index (χ1v) is 5.64. The smallest absolute Gasteiger partial charge is 0.312 e. The highest BCUT2D eigenvalue weighted by Gasteiger charge is 2.23. The quantitative estimate of drug-likeness (QED) is 0.472. The molecule has 0 aromatic heterocycles. The van der Waals surface area contributed by atoms with Crippen molar-refractivity contribution in [2.75, 3.05) is 19.6 Å². The number of piperidine rings is 1. The number of amides is 3. The number of nitrogens with two attached hydrogens (primary N) is 1. The van der Waals surface area contributed by atoms with E-state index in [-0.39, 0.29) is 11.9 Å². The van der Waals surface area contributed by atoms with Crippen LogP contribution in [0.25, 0.3) is 0 Å². The summed E-state index contributed by atoms with van der Waals surface area (Å²) in [7, 11) is 0. The summed E-state index contributed by atoms with van der Waals surface area (Å²) in [6, 6.07) is -0.670. The fraction of sp³-hybridized carbons (Fsp3) is 0.800. The molecule has 0 aromatic carbocycles. The zero-order chi connectivity index (χ0) is 12.0. The second kappa shape index (κ2) is 6.32. The first-order valence-electron chi connectivity index (χ1n) is 5.64. The molecule has 0 aromatic rings. The van der Waals surface area contributed by atoms with Crippen LogP contribution in [0.4, 0.5) is 4.79 Å². The van der Waals surface area contributed by atoms with Gasteiger partial charge in [-0.1, -0.05) is 6.92 Å². The van der Waals surface area contributed by atoms with E-state index in [0.29, 0.717) is 19.0 Å². The van der Waals surface area contributed by atoms with Gasteiger partial charge in [-0.05, 0) is 25.3 Å². The predicted molar refractivity (Wildman–Crippen MR) is 60.8 cm³/mol. The number of carbonyl (C=O) groups is 2. The first kappa shape index (κ1) is 12.8. The van der Waals surface area contributed by atoms with Crippen LogP contribution in [0.2, 0.25) is 0 Å². The van der Waals surface area contributed by atoms with Crippen molar-refractivity contribution in [3.63, 3.8) is 0 Å². The standard InChI is InChI=1S/C10H20N4O2/c1-7-2-3-12-8(6-7)9(15)13-4-5-14-10(11)16/h7-8,12H,2-6H2,1H3,(H,13,15)(H3,11,14,16). The third kappa shape index (κ3) is 4.48. The Morgan fingerprint density at radius 2 is 2.06 bits per heavy atom. The van der Waals surface area contributed by atoms with Gasteiger partial charge in [0.2, 0.25) is 5.91 Å². The van der Waals surface area contributed by atoms with Gasteiger partial charge in [-0.15, -0.1) is 0 Å². The number of hydrogen-bond acceptors (Lipinski definition) is 3. The van der Waals surface area contributed by atoms with E-state index in [1.807, 2.05) is 0 Å². The number of carbonyl (C=O) groups excluding carboxylic acids is 2. The lowest BCUT2D eigenvalue weighted by atomic mass is 9.94. The van der Waals surface area contributed by atoms with Crippen LogP contribution in [0.15, 0.2) is 0 Å². The van der Waals surface area contributed by atoms with Gasteiger partial charge >= 0.3 is 6.03 Å². The normalized spacial score (nSPS) is 24.8. The van der Waals surface area contributed by atoms with Crippen molar-refractivity contribution in [1.29, 1.82) is 0 Å². The van der Waals surface area contributed by atoms with Crippen LogP contribution < -0.4 is 21.7 Å². The molecule has 2 unspecified atom stereocenters. The Bertz CT molecular complexity index is 257. The molecule has 1 heterocycles. The molecular formula is C10H20N4O2. The van der Waals surface area contributed by atoms with Gasteiger partial charge in [0.05, 0.1) is 6.04 Å². The number of urea groups is 1. The van der Waals surface area contributed by atoms with E-state index in [9.17, 15) is 9.59 Å². The zero-order valence-electron chi connectivity index (χ0n) is 9.58. The Morgan fingerprint density at radius 1 is 1.38 bits per heavy atom. The molecule has 0 spiro atoms. The zero-order valence-corrected chi connectivity index (χ0v) is 9.58. The molecule has 0 bridgehead atoms. The molecule has 1 aliphatic heterocycles. The summed E-state index contributed by atoms with van der Waals surface area (Å²) in [4.78, 5) is 22.0. The number of rotatable bonds is 4. The van der Waals surface area contributed by atoms with Gasteiger partial charge < -0.3 is 21.7 Å². The maximum Gasteiger partial charge on any atom is 0.312 e. The molecular weight excluding hydrogens is 208 g/mol. The second-order valence-electron chi connectivity index (χ2n) is 4.22. The topological polar surface area (TPSA) is 96.2 Å². The minimum atomic E-state index is -0.571. The van der Waals surface area contributed by atoms with Crippen LogP contribution in [0, 0.1) is 5.92 Å². The fourth-order valence-electron chi connectivity index (χ4n) is 1.80. The van der Waals surface area contributed by atoms with Gasteiger partial charge in [0.25, 0.3) is 0 Å². The molecule has 1 rings (SSSR count). The van der Waals surface area contributed by atoms with Crippen molar-refractivity contribution in [2.24, 2.45) is 11.7 Å². The molecule has 6 nitrogen and oxygen atoms in total. The molecule has 0 radical (unpaired) electrons. The lowest BCUT2D eigenvalue weighted by Gasteiger charge is -2.27. The summed E-state index contributed by atoms with van der Waals surface area (Å²) in [6.07, 6.45) is 1.99. The highest BCUT2D eigenvalue weighted by atomic mass is 16.2. The van der Waals surface area contributed by atoms with Gasteiger partial charge in [-0.25, -0.2) is 4.79 Å². The van der Waals surface area contributed by atoms with Crippen molar-refractivity contribution < 1.29 is 9.59 Å². The molecule has 16 heavy (non-hydrogen) atoms. The minimum Gasteiger partial charge on any atom is -0.353 e. The average molecular weight is 228 g/mol. The van der Waals surface area contributed by atoms with E-state index >= 15 is 0 Å². The third-order valence-corrected chi connectivity index (χ3v) is 2.71. The van der Waals surface area contributed by atoms with Gasteiger partial charge in [0, 0.05) is 13.1 Å². The van der Waals surface area contributed by atoms with Crippen LogP contribution in [0.3, 0.4) is 0 Å². The predicted octanol–water partition coefficient (Wildman–Crippen LogP) is -0.841. The van der Waals surface area contributed by atoms with Gasteiger partial charge in [0.15, 0.2) is 0 Å². The SMILES string of the molecule is CC1CCNC(C(=O)NCCNC(N)=O)C1. The molecule has 1 fully saturated rings. The highest BCUT2D eigenvalue weighted by Crippen LogP contribution is 2.14. The Hall–Kier alpha value is -1.30. The maximum atomic E-state index is 11.7. The lowest BCUT2D eigenvalue weighted by molar-refractivity contribution is -0.123. The largest absolute Gasteiger partial charge is 0.353 e. The van der Waals surface area contributed by atoms with Crippen LogP contribution in [0.5, 0.6) is 0 Å². The molecule has 6 heteroatoms. The third-order valence-electron chi connectivity index (χ3n) is 2.71. The first-order chi connectivity index (χ1) is 7.59. The number of hydrogen-bond donors (Lipinski definition) is 4. The lowest BCUT2D eigenvalue weighted by Crippen LogP contribution is -2.49. The highest BCUT2D eigenvalue weighted by molar-refractivity contribution is 5.81. The van der Waals surface area contributed by atoms with Gasteiger partial charge in [-0.2, -0.15) is 0 Å². The van der Waals surface area contributed by atoms with E-state index in [0.717, 1.165) is 19.4 Å². The Kier molecular flexibility index (Phi) is 5.04. The van der Waals surface area contributed by atoms with E-state index in [1.54, 1.807) is 0 Å². The monoisotopic (exact) mass is 228 g/mol. The minimum absolute atomic E-state index is 0.00202. The molecule has 0 aliphatic carbocycles. The number of nitrogens with one attached hydrogen (secondary N) is 3. The van der Waals surface area contributed by atoms with E-state index in [1.165, 1.54) is 0 Å². The molecule has 2 atom stereocenters. The van der Waals surface area contributed by atoms with Gasteiger partial charge in [0.1, 0.15) is 0 Å². The molecule has 1 saturated heterocycles. The molecule has 92 valence electrons. The Morgan fingerprint density at radius 3 is 2.69 bits per heavy atom. The van der Waals surface area contributed by atoms with Crippen molar-refractivity contribution in [3.05, 3.63) is 0 Å². The Balaban J connectivity index is 2.16. The van der Waals surface area contributed by atoms with Crippen LogP contribution in [-0.2, 0) is 4.79 Å². The van der Waals surface area contributed by atoms with Crippen molar-refractivity contribution in [3.8, 4) is 0 Å². The maximum absolute atomic E-state index is 11.7. The molecule has 0 saturated carbocycles. The summed E-state index contributed by atoms with van der Waals surface area (Å²) in [5.41, 5.74) is 4.90. The summed E-state index contributed by atoms with van der Waals surface area (Å²) >= 11 is 0. The fourth-order valence-corrected chi connectivity index (χ4v) is 1.80. The summed E-state index contributed by atoms with van der Waals surface area (Å²) in [6.45, 7) is 3.81. The van der Waals surface area contributed by atoms with Crippen LogP contribution >= 0.6 is 0 Å². The van der Waals surface area contributed by atoms with Crippen molar-refractivity contribution in [1.82, 2.24) is 16.0 Å². The molecule has 5 N–H and O–H groups in total. The summed E-state index contributed by atoms with van der Waals surface area (Å²) < 4.78 is 0. The summed E-state index contributed by atoms with van der Waals surface area (Å²) in [5, 5.41) is 8.35. The van der Waals surface area contributed by atoms with Crippen molar-refractivity contribution in [2.45, 2.75) is 25.8 Å². The Labute approximate surface area is 95.3 Å². The van der Waals surface area contributed by atoms with Gasteiger partial charge in [-0.3, -0.25) is 4.79 Å². The second-order valence-corrected chi connectivity index (χ2v) is 4.22. The molecule has 3 amide bonds. The molecule has 1 aliphatic rings. The number of primary amides is 1. The van der Waals surface area contributed by atoms with E-state index < -0.39 is 6.03 Å².